The summed E-state index contributed by atoms with van der Waals surface area (Å²) in [6.07, 6.45) is -0.0659. The van der Waals surface area contributed by atoms with Crippen molar-refractivity contribution in [3.63, 3.8) is 0 Å². The van der Waals surface area contributed by atoms with Crippen molar-refractivity contribution in [2.75, 3.05) is 33.7 Å². The number of nitrogens with zero attached hydrogens (tertiary/aromatic N) is 3. The molecule has 0 aliphatic carbocycles. The summed E-state index contributed by atoms with van der Waals surface area (Å²) in [5.41, 5.74) is 2.86. The van der Waals surface area contributed by atoms with Crippen LogP contribution in [0.5, 0.6) is 0 Å². The normalized spacial score (nSPS) is 21.8. The number of hydrogen-bond donors (Lipinski definition) is 0. The number of hydrogen-bond acceptors (Lipinski definition) is 4. The fourth-order valence-electron chi connectivity index (χ4n) is 2.50. The maximum Gasteiger partial charge on any atom is 0.250 e. The lowest BCUT2D eigenvalue weighted by atomic mass is 10.0. The highest BCUT2D eigenvalue weighted by Gasteiger charge is 2.37. The van der Waals surface area contributed by atoms with Gasteiger partial charge in [-0.2, -0.15) is 0 Å². The molecule has 1 aromatic heterocycles. The molecule has 0 spiro atoms. The van der Waals surface area contributed by atoms with Gasteiger partial charge in [-0.3, -0.25) is 4.90 Å². The Labute approximate surface area is 117 Å². The Balaban J connectivity index is 2.13. The highest BCUT2D eigenvalue weighted by Crippen LogP contribution is 2.34. The van der Waals surface area contributed by atoms with E-state index in [1.54, 1.807) is 11.3 Å². The monoisotopic (exact) mass is 289 g/mol. The van der Waals surface area contributed by atoms with Crippen molar-refractivity contribution < 1.29 is 8.78 Å². The quantitative estimate of drug-likeness (QED) is 0.849. The molecule has 3 nitrogen and oxygen atoms in total. The summed E-state index contributed by atoms with van der Waals surface area (Å²) in [4.78, 5) is 9.79. The third-order valence-electron chi connectivity index (χ3n) is 3.59. The van der Waals surface area contributed by atoms with Crippen molar-refractivity contribution in [1.82, 2.24) is 14.8 Å². The third kappa shape index (κ3) is 3.70. The van der Waals surface area contributed by atoms with Crippen LogP contribution in [0.2, 0.25) is 0 Å². The molecular weight excluding hydrogens is 268 g/mol. The molecule has 6 heteroatoms. The summed E-state index contributed by atoms with van der Waals surface area (Å²) in [5.74, 6) is -2.48. The lowest BCUT2D eigenvalue weighted by Gasteiger charge is -2.38. The van der Waals surface area contributed by atoms with E-state index in [1.165, 1.54) is 4.88 Å². The van der Waals surface area contributed by atoms with Crippen LogP contribution in [0.4, 0.5) is 8.78 Å². The van der Waals surface area contributed by atoms with Gasteiger partial charge < -0.3 is 4.90 Å². The Morgan fingerprint density at radius 3 is 2.53 bits per heavy atom. The standard InChI is InChI=1S/C13H21F2N3S/c1-10-12(19-9-16-10)11(8-17(2)3)18-6-4-13(14,15)5-7-18/h9,11H,4-8H2,1-3H3. The zero-order valence-electron chi connectivity index (χ0n) is 11.7. The van der Waals surface area contributed by atoms with Gasteiger partial charge in [-0.05, 0) is 21.0 Å². The van der Waals surface area contributed by atoms with Gasteiger partial charge in [0.1, 0.15) is 0 Å². The molecule has 1 fully saturated rings. The Morgan fingerprint density at radius 1 is 1.42 bits per heavy atom. The predicted molar refractivity (Wildman–Crippen MR) is 73.9 cm³/mol. The van der Waals surface area contributed by atoms with Gasteiger partial charge in [-0.1, -0.05) is 0 Å². The summed E-state index contributed by atoms with van der Waals surface area (Å²) in [5, 5.41) is 0. The first-order valence-corrected chi connectivity index (χ1v) is 7.43. The molecule has 1 aromatic rings. The molecule has 1 aliphatic heterocycles. The molecule has 0 saturated carbocycles. The van der Waals surface area contributed by atoms with Crippen molar-refractivity contribution in [2.24, 2.45) is 0 Å². The summed E-state index contributed by atoms with van der Waals surface area (Å²) >= 11 is 1.63. The minimum atomic E-state index is -2.48. The lowest BCUT2D eigenvalue weighted by Crippen LogP contribution is -2.44. The predicted octanol–water partition coefficient (Wildman–Crippen LogP) is 2.79. The molecule has 2 heterocycles. The van der Waals surface area contributed by atoms with E-state index in [0.717, 1.165) is 12.2 Å². The molecule has 1 saturated heterocycles. The number of rotatable bonds is 4. The summed E-state index contributed by atoms with van der Waals surface area (Å²) in [6.45, 7) is 3.76. The Hall–Kier alpha value is -0.590. The van der Waals surface area contributed by atoms with E-state index in [4.69, 9.17) is 0 Å². The second kappa shape index (κ2) is 5.81. The van der Waals surface area contributed by atoms with Crippen LogP contribution in [0, 0.1) is 6.92 Å². The van der Waals surface area contributed by atoms with Crippen molar-refractivity contribution in [1.29, 1.82) is 0 Å². The fourth-order valence-corrected chi connectivity index (χ4v) is 3.43. The first kappa shape index (κ1) is 14.8. The molecule has 1 atom stereocenters. The highest BCUT2D eigenvalue weighted by atomic mass is 32.1. The van der Waals surface area contributed by atoms with Gasteiger partial charge in [-0.15, -0.1) is 11.3 Å². The average Bonchev–Trinajstić information content (AvgIpc) is 2.72. The number of likely N-dealkylation sites (tertiary alicyclic amines) is 1. The zero-order valence-corrected chi connectivity index (χ0v) is 12.5. The van der Waals surface area contributed by atoms with Crippen molar-refractivity contribution in [2.45, 2.75) is 31.7 Å². The van der Waals surface area contributed by atoms with E-state index in [0.29, 0.717) is 13.1 Å². The minimum absolute atomic E-state index is 0.0330. The Morgan fingerprint density at radius 2 is 2.05 bits per heavy atom. The van der Waals surface area contributed by atoms with Gasteiger partial charge in [-0.25, -0.2) is 13.8 Å². The van der Waals surface area contributed by atoms with Crippen LogP contribution >= 0.6 is 11.3 Å². The van der Waals surface area contributed by atoms with E-state index in [2.05, 4.69) is 14.8 Å². The number of piperidine rings is 1. The van der Waals surface area contributed by atoms with Crippen LogP contribution in [0.25, 0.3) is 0 Å². The summed E-state index contributed by atoms with van der Waals surface area (Å²) in [7, 11) is 4.03. The molecule has 2 rings (SSSR count). The van der Waals surface area contributed by atoms with Crippen LogP contribution < -0.4 is 0 Å². The van der Waals surface area contributed by atoms with Crippen molar-refractivity contribution in [3.05, 3.63) is 16.1 Å². The maximum atomic E-state index is 13.3. The first-order chi connectivity index (χ1) is 8.89. The van der Waals surface area contributed by atoms with Gasteiger partial charge in [0.05, 0.1) is 17.2 Å². The molecule has 1 unspecified atom stereocenters. The third-order valence-corrected chi connectivity index (χ3v) is 4.63. The van der Waals surface area contributed by atoms with E-state index < -0.39 is 5.92 Å². The second-order valence-corrected chi connectivity index (χ2v) is 6.36. The molecule has 0 radical (unpaired) electrons. The van der Waals surface area contributed by atoms with Crippen LogP contribution in [0.15, 0.2) is 5.51 Å². The molecule has 0 aromatic carbocycles. The number of likely N-dealkylation sites (N-methyl/N-ethyl adjacent to an activating group) is 1. The van der Waals surface area contributed by atoms with Gasteiger partial charge >= 0.3 is 0 Å². The van der Waals surface area contributed by atoms with Gasteiger partial charge in [0.25, 0.3) is 5.92 Å². The van der Waals surface area contributed by atoms with Crippen LogP contribution in [-0.4, -0.2) is 54.4 Å². The zero-order chi connectivity index (χ0) is 14.0. The van der Waals surface area contributed by atoms with Crippen LogP contribution in [0.3, 0.4) is 0 Å². The SMILES string of the molecule is Cc1ncsc1C(CN(C)C)N1CCC(F)(F)CC1. The first-order valence-electron chi connectivity index (χ1n) is 6.55. The number of alkyl halides is 2. The topological polar surface area (TPSA) is 19.4 Å². The van der Waals surface area contributed by atoms with E-state index >= 15 is 0 Å². The van der Waals surface area contributed by atoms with E-state index in [9.17, 15) is 8.78 Å². The molecule has 19 heavy (non-hydrogen) atoms. The average molecular weight is 289 g/mol. The minimum Gasteiger partial charge on any atom is -0.307 e. The Bertz CT molecular complexity index is 410. The van der Waals surface area contributed by atoms with Gasteiger partial charge in [0.15, 0.2) is 0 Å². The van der Waals surface area contributed by atoms with E-state index in [-0.39, 0.29) is 18.9 Å². The van der Waals surface area contributed by atoms with Crippen LogP contribution in [-0.2, 0) is 0 Å². The largest absolute Gasteiger partial charge is 0.307 e. The molecule has 1 aliphatic rings. The van der Waals surface area contributed by atoms with E-state index in [1.807, 2.05) is 26.5 Å². The molecular formula is C13H21F2N3S. The second-order valence-electron chi connectivity index (χ2n) is 5.47. The summed E-state index contributed by atoms with van der Waals surface area (Å²) < 4.78 is 26.6. The molecule has 0 amide bonds. The molecule has 108 valence electrons. The lowest BCUT2D eigenvalue weighted by molar-refractivity contribution is -0.0646. The number of aromatic nitrogens is 1. The molecule has 0 N–H and O–H groups in total. The fraction of sp³-hybridized carbons (Fsp3) is 0.769. The Kier molecular flexibility index (Phi) is 4.53. The number of halogens is 2. The number of thiazole rings is 1. The van der Waals surface area contributed by atoms with Crippen LogP contribution in [0.1, 0.15) is 29.5 Å². The summed E-state index contributed by atoms with van der Waals surface area (Å²) in [6, 6.07) is 0.179. The van der Waals surface area contributed by atoms with Gasteiger partial charge in [0.2, 0.25) is 0 Å². The molecule has 0 bridgehead atoms. The smallest absolute Gasteiger partial charge is 0.250 e. The van der Waals surface area contributed by atoms with Crippen molar-refractivity contribution in [3.8, 4) is 0 Å². The number of aryl methyl sites for hydroxylation is 1. The van der Waals surface area contributed by atoms with Gasteiger partial charge in [0, 0.05) is 37.4 Å². The maximum absolute atomic E-state index is 13.3. The van der Waals surface area contributed by atoms with Crippen molar-refractivity contribution >= 4 is 11.3 Å². The highest BCUT2D eigenvalue weighted by molar-refractivity contribution is 7.09.